The number of aryl methyl sites for hydroxylation is 1. The van der Waals surface area contributed by atoms with Crippen LogP contribution in [0.3, 0.4) is 0 Å². The third-order valence-corrected chi connectivity index (χ3v) is 3.88. The van der Waals surface area contributed by atoms with Crippen molar-refractivity contribution in [3.8, 4) is 0 Å². The first kappa shape index (κ1) is 13.6. The van der Waals surface area contributed by atoms with Gasteiger partial charge in [0, 0.05) is 18.7 Å². The van der Waals surface area contributed by atoms with E-state index in [0.29, 0.717) is 25.1 Å². The zero-order valence-electron chi connectivity index (χ0n) is 11.3. The SMILES string of the molecule is CCCC1(C(=O)O)CCN(C(=O)c2occc2C)C1. The number of nitrogens with zero attached hydrogens (tertiary/aromatic N) is 1. The number of carbonyl (C=O) groups is 2. The molecule has 0 spiro atoms. The van der Waals surface area contributed by atoms with E-state index in [9.17, 15) is 14.7 Å². The summed E-state index contributed by atoms with van der Waals surface area (Å²) < 4.78 is 5.19. The Hall–Kier alpha value is -1.78. The van der Waals surface area contributed by atoms with E-state index in [1.54, 1.807) is 11.0 Å². The molecule has 5 heteroatoms. The van der Waals surface area contributed by atoms with Crippen molar-refractivity contribution in [2.24, 2.45) is 5.41 Å². The van der Waals surface area contributed by atoms with Crippen LogP contribution in [0.1, 0.15) is 42.3 Å². The van der Waals surface area contributed by atoms with E-state index in [1.165, 1.54) is 6.26 Å². The molecule has 1 N–H and O–H groups in total. The van der Waals surface area contributed by atoms with Crippen molar-refractivity contribution in [2.75, 3.05) is 13.1 Å². The van der Waals surface area contributed by atoms with Crippen molar-refractivity contribution in [1.82, 2.24) is 4.90 Å². The fourth-order valence-electron chi connectivity index (χ4n) is 2.75. The number of rotatable bonds is 4. The second kappa shape index (κ2) is 5.07. The van der Waals surface area contributed by atoms with E-state index in [1.807, 2.05) is 13.8 Å². The highest BCUT2D eigenvalue weighted by atomic mass is 16.4. The summed E-state index contributed by atoms with van der Waals surface area (Å²) in [4.78, 5) is 25.3. The maximum Gasteiger partial charge on any atom is 0.311 e. The molecule has 1 aliphatic rings. The molecule has 0 aliphatic carbocycles. The van der Waals surface area contributed by atoms with E-state index < -0.39 is 11.4 Å². The van der Waals surface area contributed by atoms with Crippen molar-refractivity contribution in [2.45, 2.75) is 33.1 Å². The van der Waals surface area contributed by atoms with Gasteiger partial charge in [0.25, 0.3) is 5.91 Å². The van der Waals surface area contributed by atoms with Crippen molar-refractivity contribution >= 4 is 11.9 Å². The van der Waals surface area contributed by atoms with Crippen molar-refractivity contribution in [3.63, 3.8) is 0 Å². The van der Waals surface area contributed by atoms with E-state index in [-0.39, 0.29) is 12.5 Å². The number of furan rings is 1. The molecule has 19 heavy (non-hydrogen) atoms. The molecule has 104 valence electrons. The largest absolute Gasteiger partial charge is 0.481 e. The zero-order valence-corrected chi connectivity index (χ0v) is 11.3. The minimum Gasteiger partial charge on any atom is -0.481 e. The van der Waals surface area contributed by atoms with Crippen LogP contribution in [-0.4, -0.2) is 35.0 Å². The van der Waals surface area contributed by atoms with Gasteiger partial charge in [-0.05, 0) is 25.8 Å². The van der Waals surface area contributed by atoms with Crippen LogP contribution in [0, 0.1) is 12.3 Å². The Labute approximate surface area is 112 Å². The maximum atomic E-state index is 12.3. The van der Waals surface area contributed by atoms with Crippen LogP contribution < -0.4 is 0 Å². The van der Waals surface area contributed by atoms with Crippen LogP contribution in [0.25, 0.3) is 0 Å². The van der Waals surface area contributed by atoms with Crippen LogP contribution in [-0.2, 0) is 4.79 Å². The highest BCUT2D eigenvalue weighted by Gasteiger charge is 2.46. The van der Waals surface area contributed by atoms with Gasteiger partial charge in [-0.15, -0.1) is 0 Å². The van der Waals surface area contributed by atoms with Crippen LogP contribution in [0.2, 0.25) is 0 Å². The lowest BCUT2D eigenvalue weighted by Crippen LogP contribution is -2.37. The van der Waals surface area contributed by atoms with Crippen LogP contribution in [0.5, 0.6) is 0 Å². The molecule has 1 fully saturated rings. The molecule has 1 unspecified atom stereocenters. The van der Waals surface area contributed by atoms with Gasteiger partial charge in [0.2, 0.25) is 0 Å². The Morgan fingerprint density at radius 2 is 2.26 bits per heavy atom. The molecule has 1 aromatic heterocycles. The average Bonchev–Trinajstić information content (AvgIpc) is 2.96. The summed E-state index contributed by atoms with van der Waals surface area (Å²) >= 11 is 0. The molecule has 0 aromatic carbocycles. The van der Waals surface area contributed by atoms with Gasteiger partial charge in [-0.2, -0.15) is 0 Å². The molecule has 2 rings (SSSR count). The Balaban J connectivity index is 2.15. The number of carboxylic acid groups (broad SMARTS) is 1. The number of carbonyl (C=O) groups excluding carboxylic acids is 1. The minimum atomic E-state index is -0.805. The number of hydrogen-bond donors (Lipinski definition) is 1. The van der Waals surface area contributed by atoms with E-state index in [2.05, 4.69) is 0 Å². The fourth-order valence-corrected chi connectivity index (χ4v) is 2.75. The molecule has 0 bridgehead atoms. The molecule has 2 heterocycles. The van der Waals surface area contributed by atoms with Crippen molar-refractivity contribution in [3.05, 3.63) is 23.7 Å². The summed E-state index contributed by atoms with van der Waals surface area (Å²) in [5.74, 6) is -0.694. The molecule has 1 amide bonds. The predicted molar refractivity (Wildman–Crippen MR) is 68.9 cm³/mol. The Morgan fingerprint density at radius 3 is 2.79 bits per heavy atom. The smallest absolute Gasteiger partial charge is 0.311 e. The lowest BCUT2D eigenvalue weighted by Gasteiger charge is -2.23. The normalized spacial score (nSPS) is 22.7. The molecule has 5 nitrogen and oxygen atoms in total. The standard InChI is InChI=1S/C14H19NO4/c1-3-5-14(13(17)18)6-7-15(9-14)12(16)11-10(2)4-8-19-11/h4,8H,3,5-7,9H2,1-2H3,(H,17,18). The lowest BCUT2D eigenvalue weighted by molar-refractivity contribution is -0.148. The first-order chi connectivity index (χ1) is 9.00. The van der Waals surface area contributed by atoms with Gasteiger partial charge in [-0.1, -0.05) is 13.3 Å². The minimum absolute atomic E-state index is 0.207. The van der Waals surface area contributed by atoms with E-state index >= 15 is 0 Å². The predicted octanol–water partition coefficient (Wildman–Crippen LogP) is 2.31. The summed E-state index contributed by atoms with van der Waals surface area (Å²) in [6.45, 7) is 4.52. The van der Waals surface area contributed by atoms with Crippen molar-refractivity contribution < 1.29 is 19.1 Å². The number of likely N-dealkylation sites (tertiary alicyclic amines) is 1. The number of carboxylic acids is 1. The molecule has 1 aromatic rings. The molecule has 1 atom stereocenters. The first-order valence-corrected chi connectivity index (χ1v) is 6.57. The molecule has 0 saturated carbocycles. The number of amides is 1. The third-order valence-electron chi connectivity index (χ3n) is 3.88. The van der Waals surface area contributed by atoms with Gasteiger partial charge in [-0.3, -0.25) is 9.59 Å². The van der Waals surface area contributed by atoms with E-state index in [0.717, 1.165) is 12.0 Å². The summed E-state index contributed by atoms with van der Waals surface area (Å²) in [7, 11) is 0. The zero-order chi connectivity index (χ0) is 14.0. The summed E-state index contributed by atoms with van der Waals surface area (Å²) in [5.41, 5.74) is -0.00132. The Morgan fingerprint density at radius 1 is 1.53 bits per heavy atom. The molecular weight excluding hydrogens is 246 g/mol. The van der Waals surface area contributed by atoms with Gasteiger partial charge in [0.05, 0.1) is 11.7 Å². The van der Waals surface area contributed by atoms with E-state index in [4.69, 9.17) is 4.42 Å². The Kier molecular flexibility index (Phi) is 3.64. The quantitative estimate of drug-likeness (QED) is 0.906. The summed E-state index contributed by atoms with van der Waals surface area (Å²) in [5, 5.41) is 9.42. The van der Waals surface area contributed by atoms with Gasteiger partial charge < -0.3 is 14.4 Å². The topological polar surface area (TPSA) is 70.8 Å². The Bertz CT molecular complexity index is 493. The van der Waals surface area contributed by atoms with Gasteiger partial charge in [0.15, 0.2) is 5.76 Å². The lowest BCUT2D eigenvalue weighted by atomic mass is 9.83. The van der Waals surface area contributed by atoms with Gasteiger partial charge >= 0.3 is 5.97 Å². The van der Waals surface area contributed by atoms with Gasteiger partial charge in [0.1, 0.15) is 0 Å². The van der Waals surface area contributed by atoms with Gasteiger partial charge in [-0.25, -0.2) is 0 Å². The first-order valence-electron chi connectivity index (χ1n) is 6.57. The maximum absolute atomic E-state index is 12.3. The second-order valence-corrected chi connectivity index (χ2v) is 5.24. The molecular formula is C14H19NO4. The highest BCUT2D eigenvalue weighted by molar-refractivity contribution is 5.93. The number of aliphatic carboxylic acids is 1. The number of hydrogen-bond acceptors (Lipinski definition) is 3. The second-order valence-electron chi connectivity index (χ2n) is 5.24. The summed E-state index contributed by atoms with van der Waals surface area (Å²) in [6, 6.07) is 1.74. The molecule has 0 radical (unpaired) electrons. The fraction of sp³-hybridized carbons (Fsp3) is 0.571. The van der Waals surface area contributed by atoms with Crippen LogP contribution >= 0.6 is 0 Å². The molecule has 1 aliphatic heterocycles. The highest BCUT2D eigenvalue weighted by Crippen LogP contribution is 2.36. The third kappa shape index (κ3) is 2.37. The van der Waals surface area contributed by atoms with Crippen LogP contribution in [0.15, 0.2) is 16.7 Å². The molecule has 1 saturated heterocycles. The monoisotopic (exact) mass is 265 g/mol. The average molecular weight is 265 g/mol. The summed E-state index contributed by atoms with van der Waals surface area (Å²) in [6.07, 6.45) is 3.40. The van der Waals surface area contributed by atoms with Crippen molar-refractivity contribution in [1.29, 1.82) is 0 Å². The van der Waals surface area contributed by atoms with Crippen LogP contribution in [0.4, 0.5) is 0 Å².